The van der Waals surface area contributed by atoms with Crippen molar-refractivity contribution >= 4 is 12.0 Å². The van der Waals surface area contributed by atoms with Crippen molar-refractivity contribution in [1.82, 2.24) is 4.90 Å². The van der Waals surface area contributed by atoms with E-state index >= 15 is 0 Å². The Morgan fingerprint density at radius 2 is 1.73 bits per heavy atom. The number of rotatable bonds is 7. The third kappa shape index (κ3) is 7.59. The number of aliphatic hydroxyl groups is 1. The molecule has 1 unspecified atom stereocenters. The lowest BCUT2D eigenvalue weighted by Crippen LogP contribution is -2.17. The van der Waals surface area contributed by atoms with Crippen molar-refractivity contribution in [3.8, 4) is 16.9 Å². The quantitative estimate of drug-likeness (QED) is 0.542. The second-order valence-electron chi connectivity index (χ2n) is 8.14. The van der Waals surface area contributed by atoms with Gasteiger partial charge in [-0.3, -0.25) is 4.90 Å². The van der Waals surface area contributed by atoms with Crippen LogP contribution in [-0.4, -0.2) is 47.4 Å². The van der Waals surface area contributed by atoms with Gasteiger partial charge in [0.2, 0.25) is 0 Å². The lowest BCUT2D eigenvalue weighted by Gasteiger charge is -2.15. The molecule has 5 nitrogen and oxygen atoms in total. The molecule has 4 rings (SSSR count). The van der Waals surface area contributed by atoms with E-state index in [2.05, 4.69) is 90.8 Å². The second-order valence-corrected chi connectivity index (χ2v) is 8.14. The normalized spacial score (nSPS) is 13.2. The molecule has 1 aliphatic heterocycles. The maximum Gasteiger partial charge on any atom is 0.332 e. The van der Waals surface area contributed by atoms with E-state index in [9.17, 15) is 4.79 Å². The first-order valence-corrected chi connectivity index (χ1v) is 11.1. The first-order valence-electron chi connectivity index (χ1n) is 11.1. The average molecular weight is 446 g/mol. The van der Waals surface area contributed by atoms with Gasteiger partial charge >= 0.3 is 5.97 Å². The number of carbonyl (C=O) groups is 1. The zero-order valence-corrected chi connectivity index (χ0v) is 19.1. The van der Waals surface area contributed by atoms with Gasteiger partial charge in [-0.15, -0.1) is 0 Å². The van der Waals surface area contributed by atoms with Crippen LogP contribution in [0.15, 0.2) is 78.9 Å². The van der Waals surface area contributed by atoms with Gasteiger partial charge in [0.1, 0.15) is 11.9 Å². The van der Waals surface area contributed by atoms with E-state index in [0.29, 0.717) is 0 Å². The molecular formula is C28H31NO4. The number of aliphatic carboxylic acids is 1. The summed E-state index contributed by atoms with van der Waals surface area (Å²) in [5.41, 5.74) is 6.44. The summed E-state index contributed by atoms with van der Waals surface area (Å²) in [6.07, 6.45) is 4.23. The maximum absolute atomic E-state index is 9.45. The SMILES string of the molecule is CC(O)C(=O)O.CN(C/C=C/c1ccc(-c2ccccc2)cc1)Cc1ccc2c(c1)CCO2. The minimum absolute atomic E-state index is 0.820. The van der Waals surface area contributed by atoms with Crippen molar-refractivity contribution in [1.29, 1.82) is 0 Å². The molecule has 0 aromatic heterocycles. The number of carboxylic acids is 1. The van der Waals surface area contributed by atoms with E-state index in [-0.39, 0.29) is 0 Å². The van der Waals surface area contributed by atoms with E-state index in [0.717, 1.165) is 31.9 Å². The highest BCUT2D eigenvalue weighted by Gasteiger charge is 2.12. The van der Waals surface area contributed by atoms with Crippen molar-refractivity contribution in [2.45, 2.75) is 26.0 Å². The molecule has 172 valence electrons. The molecule has 3 aromatic rings. The summed E-state index contributed by atoms with van der Waals surface area (Å²) in [4.78, 5) is 11.8. The Balaban J connectivity index is 0.000000454. The Hall–Kier alpha value is -3.41. The molecule has 5 heteroatoms. The maximum atomic E-state index is 9.45. The Bertz CT molecular complexity index is 1060. The summed E-state index contributed by atoms with van der Waals surface area (Å²) in [5, 5.41) is 15.8. The van der Waals surface area contributed by atoms with Gasteiger partial charge in [0, 0.05) is 19.5 Å². The summed E-state index contributed by atoms with van der Waals surface area (Å²) in [6, 6.07) is 25.8. The molecule has 1 heterocycles. The number of ether oxygens (including phenoxy) is 1. The number of hydrogen-bond donors (Lipinski definition) is 2. The summed E-state index contributed by atoms with van der Waals surface area (Å²) in [6.45, 7) is 3.89. The van der Waals surface area contributed by atoms with Gasteiger partial charge in [-0.25, -0.2) is 4.79 Å². The van der Waals surface area contributed by atoms with Crippen LogP contribution in [-0.2, 0) is 17.8 Å². The van der Waals surface area contributed by atoms with Crippen LogP contribution in [0.5, 0.6) is 5.75 Å². The van der Waals surface area contributed by atoms with E-state index in [4.69, 9.17) is 14.9 Å². The summed E-state index contributed by atoms with van der Waals surface area (Å²) in [5.74, 6) is -0.129. The molecule has 0 saturated heterocycles. The fraction of sp³-hybridized carbons (Fsp3) is 0.250. The lowest BCUT2D eigenvalue weighted by molar-refractivity contribution is -0.145. The van der Waals surface area contributed by atoms with E-state index in [1.165, 1.54) is 34.7 Å². The van der Waals surface area contributed by atoms with Gasteiger partial charge in [0.25, 0.3) is 0 Å². The molecule has 2 N–H and O–H groups in total. The van der Waals surface area contributed by atoms with Crippen LogP contribution in [0.25, 0.3) is 17.2 Å². The third-order valence-corrected chi connectivity index (χ3v) is 5.31. The molecule has 0 bridgehead atoms. The fourth-order valence-corrected chi connectivity index (χ4v) is 3.50. The number of nitrogens with zero attached hydrogens (tertiary/aromatic N) is 1. The monoisotopic (exact) mass is 445 g/mol. The number of hydrogen-bond acceptors (Lipinski definition) is 4. The predicted octanol–water partition coefficient (Wildman–Crippen LogP) is 4.89. The standard InChI is InChI=1S/C25H25NO.C3H6O3/c1-26(19-21-11-14-25-24(18-21)15-17-27-25)16-5-6-20-9-12-23(13-10-20)22-7-3-2-4-8-22;1-2(4)3(5)6/h2-14,18H,15-17,19H2,1H3;2,4H,1H3,(H,5,6)/b6-5+;. The highest BCUT2D eigenvalue weighted by Crippen LogP contribution is 2.26. The molecule has 0 fully saturated rings. The van der Waals surface area contributed by atoms with Gasteiger partial charge in [0.05, 0.1) is 6.61 Å². The van der Waals surface area contributed by atoms with Crippen molar-refractivity contribution < 1.29 is 19.7 Å². The number of fused-ring (bicyclic) bond motifs is 1. The topological polar surface area (TPSA) is 70.0 Å². The minimum atomic E-state index is -1.23. The Labute approximate surface area is 195 Å². The fourth-order valence-electron chi connectivity index (χ4n) is 3.50. The van der Waals surface area contributed by atoms with Gasteiger partial charge in [-0.2, -0.15) is 0 Å². The molecule has 33 heavy (non-hydrogen) atoms. The molecule has 0 saturated carbocycles. The molecule has 3 aromatic carbocycles. The molecular weight excluding hydrogens is 414 g/mol. The Morgan fingerprint density at radius 1 is 1.06 bits per heavy atom. The minimum Gasteiger partial charge on any atom is -0.493 e. The summed E-state index contributed by atoms with van der Waals surface area (Å²) in [7, 11) is 2.16. The van der Waals surface area contributed by atoms with E-state index in [1.54, 1.807) is 0 Å². The van der Waals surface area contributed by atoms with Crippen molar-refractivity contribution in [2.24, 2.45) is 0 Å². The highest BCUT2D eigenvalue weighted by atomic mass is 16.5. The van der Waals surface area contributed by atoms with Gasteiger partial charge < -0.3 is 14.9 Å². The van der Waals surface area contributed by atoms with Crippen LogP contribution in [0.1, 0.15) is 23.6 Å². The number of carboxylic acid groups (broad SMARTS) is 1. The molecule has 0 radical (unpaired) electrons. The predicted molar refractivity (Wildman–Crippen MR) is 132 cm³/mol. The first kappa shape index (κ1) is 24.2. The van der Waals surface area contributed by atoms with Crippen molar-refractivity contribution in [3.05, 3.63) is 95.6 Å². The highest BCUT2D eigenvalue weighted by molar-refractivity contribution is 5.71. The van der Waals surface area contributed by atoms with Crippen LogP contribution in [0.2, 0.25) is 0 Å². The average Bonchev–Trinajstić information content (AvgIpc) is 3.28. The van der Waals surface area contributed by atoms with Gasteiger partial charge in [0.15, 0.2) is 0 Å². The molecule has 0 spiro atoms. The lowest BCUT2D eigenvalue weighted by atomic mass is 10.0. The van der Waals surface area contributed by atoms with E-state index < -0.39 is 12.1 Å². The van der Waals surface area contributed by atoms with Crippen molar-refractivity contribution in [3.63, 3.8) is 0 Å². The van der Waals surface area contributed by atoms with E-state index in [1.807, 2.05) is 6.07 Å². The van der Waals surface area contributed by atoms with Gasteiger partial charge in [-0.1, -0.05) is 78.9 Å². The Kier molecular flexibility index (Phi) is 8.81. The van der Waals surface area contributed by atoms with Crippen molar-refractivity contribution in [2.75, 3.05) is 20.2 Å². The molecule has 1 atom stereocenters. The number of aliphatic hydroxyl groups excluding tert-OH is 1. The third-order valence-electron chi connectivity index (χ3n) is 5.31. The first-order chi connectivity index (χ1) is 15.9. The Morgan fingerprint density at radius 3 is 2.39 bits per heavy atom. The number of benzene rings is 3. The number of likely N-dealkylation sites (N-methyl/N-ethyl adjacent to an activating group) is 1. The zero-order valence-electron chi connectivity index (χ0n) is 19.1. The largest absolute Gasteiger partial charge is 0.493 e. The smallest absolute Gasteiger partial charge is 0.332 e. The molecule has 0 aliphatic carbocycles. The van der Waals surface area contributed by atoms with Crippen LogP contribution >= 0.6 is 0 Å². The van der Waals surface area contributed by atoms with Crippen LogP contribution in [0, 0.1) is 0 Å². The van der Waals surface area contributed by atoms with Gasteiger partial charge in [-0.05, 0) is 47.9 Å². The summed E-state index contributed by atoms with van der Waals surface area (Å²) < 4.78 is 5.58. The van der Waals surface area contributed by atoms with Crippen LogP contribution in [0.4, 0.5) is 0 Å². The molecule has 1 aliphatic rings. The second kappa shape index (κ2) is 12.0. The zero-order chi connectivity index (χ0) is 23.6. The van der Waals surface area contributed by atoms with Crippen LogP contribution < -0.4 is 4.74 Å². The molecule has 0 amide bonds. The summed E-state index contributed by atoms with van der Waals surface area (Å²) >= 11 is 0. The van der Waals surface area contributed by atoms with Crippen LogP contribution in [0.3, 0.4) is 0 Å².